The summed E-state index contributed by atoms with van der Waals surface area (Å²) in [4.78, 5) is 39.1. The number of nitro benzene ring substituents is 1. The van der Waals surface area contributed by atoms with Gasteiger partial charge in [0.1, 0.15) is 5.69 Å². The standard InChI is InChI=1S/C52H68N8O8S/c1-36-7-5-6-8-43(36)47-35-56(34-39-29-48(67-4)49(54-33-39)58-25-27-68-28-26-58)23-24-59(47)46-31-52(37(46)2)19-21-57(22-20-52)41-11-9-40(10-12-41)50(61)55-69(65,66)42-13-14-44(45(30-42)60(63)64)53-32-38-15-17-51(3,62)18-16-38/h5-14,29-30,33,37-38,46-47,53,62H,15-28,31-32,34-35H2,1-4H3,(H,55,61)/t37-,38?,46+,47+,51?/m1/s1. The number of morpholine rings is 1. The number of amides is 1. The van der Waals surface area contributed by atoms with Gasteiger partial charge in [0.25, 0.3) is 21.6 Å². The fourth-order valence-corrected chi connectivity index (χ4v) is 12.7. The number of nitrogens with one attached hydrogen (secondary N) is 2. The minimum atomic E-state index is -4.42. The lowest BCUT2D eigenvalue weighted by Gasteiger charge is -2.62. The maximum absolute atomic E-state index is 13.4. The molecule has 3 atom stereocenters. The van der Waals surface area contributed by atoms with Gasteiger partial charge in [0.15, 0.2) is 11.6 Å². The number of ether oxygens (including phenoxy) is 2. The monoisotopic (exact) mass is 964 g/mol. The molecule has 1 aromatic heterocycles. The summed E-state index contributed by atoms with van der Waals surface area (Å²) in [5.74, 6) is 1.64. The first kappa shape index (κ1) is 48.7. The van der Waals surface area contributed by atoms with Crippen LogP contribution in [0.25, 0.3) is 0 Å². The number of benzene rings is 3. The van der Waals surface area contributed by atoms with E-state index in [4.69, 9.17) is 14.5 Å². The smallest absolute Gasteiger partial charge is 0.293 e. The number of piperazine rings is 1. The Balaban J connectivity index is 0.792. The number of hydrogen-bond donors (Lipinski definition) is 3. The van der Waals surface area contributed by atoms with Crippen molar-refractivity contribution in [3.63, 3.8) is 0 Å². The number of aryl methyl sites for hydroxylation is 1. The first-order valence-electron chi connectivity index (χ1n) is 24.7. The molecule has 16 nitrogen and oxygen atoms in total. The van der Waals surface area contributed by atoms with E-state index in [0.29, 0.717) is 44.6 Å². The molecule has 4 aromatic rings. The van der Waals surface area contributed by atoms with Gasteiger partial charge in [-0.05, 0) is 135 Å². The molecule has 1 amide bonds. The molecular weight excluding hydrogens is 897 g/mol. The number of methoxy groups -OCH3 is 1. The van der Waals surface area contributed by atoms with Crippen LogP contribution in [0.5, 0.6) is 5.75 Å². The molecule has 69 heavy (non-hydrogen) atoms. The highest BCUT2D eigenvalue weighted by molar-refractivity contribution is 7.90. The maximum Gasteiger partial charge on any atom is 0.293 e. The van der Waals surface area contributed by atoms with Crippen molar-refractivity contribution >= 4 is 38.8 Å². The van der Waals surface area contributed by atoms with E-state index >= 15 is 0 Å². The average molecular weight is 965 g/mol. The SMILES string of the molecule is COc1cc(CN2CCN([C@H]3CC4(CCN(c5ccc(C(=O)NS(=O)(=O)c6ccc(NCC7CCC(C)(O)CC7)c([N+](=O)[O-])c6)cc5)CC4)[C@@H]3C)[C@H](c3ccccc3C)C2)cnc1N1CCOCC1. The molecule has 5 fully saturated rings. The summed E-state index contributed by atoms with van der Waals surface area (Å²) in [5, 5.41) is 25.4. The van der Waals surface area contributed by atoms with Crippen LogP contribution < -0.4 is 24.6 Å². The van der Waals surface area contributed by atoms with E-state index in [0.717, 1.165) is 113 Å². The second kappa shape index (κ2) is 20.2. The molecule has 0 radical (unpaired) electrons. The molecule has 3 aliphatic heterocycles. The number of piperidine rings is 1. The van der Waals surface area contributed by atoms with Crippen molar-refractivity contribution in [2.24, 2.45) is 17.3 Å². The Morgan fingerprint density at radius 1 is 0.957 bits per heavy atom. The van der Waals surface area contributed by atoms with Gasteiger partial charge in [0.2, 0.25) is 0 Å². The van der Waals surface area contributed by atoms with Crippen LogP contribution in [0.1, 0.15) is 91.9 Å². The summed E-state index contributed by atoms with van der Waals surface area (Å²) in [6.45, 7) is 15.4. The zero-order valence-corrected chi connectivity index (χ0v) is 41.3. The lowest BCUT2D eigenvalue weighted by atomic mass is 9.53. The number of nitro groups is 1. The predicted octanol–water partition coefficient (Wildman–Crippen LogP) is 7.17. The van der Waals surface area contributed by atoms with Crippen molar-refractivity contribution in [3.8, 4) is 5.75 Å². The molecule has 3 N–H and O–H groups in total. The second-order valence-corrected chi connectivity index (χ2v) is 22.1. The van der Waals surface area contributed by atoms with E-state index in [1.807, 2.05) is 25.3 Å². The third kappa shape index (κ3) is 10.6. The average Bonchev–Trinajstić information content (AvgIpc) is 3.35. The first-order chi connectivity index (χ1) is 33.1. The van der Waals surface area contributed by atoms with Gasteiger partial charge in [-0.3, -0.25) is 24.7 Å². The Morgan fingerprint density at radius 2 is 1.68 bits per heavy atom. The molecule has 3 saturated heterocycles. The molecular formula is C52H68N8O8S. The van der Waals surface area contributed by atoms with Crippen LogP contribution in [0.2, 0.25) is 0 Å². The fraction of sp³-hybridized carbons (Fsp3) is 0.538. The first-order valence-corrected chi connectivity index (χ1v) is 26.2. The number of anilines is 3. The topological polar surface area (TPSA) is 183 Å². The minimum Gasteiger partial charge on any atom is -0.493 e. The molecule has 4 heterocycles. The molecule has 2 saturated carbocycles. The molecule has 5 aliphatic rings. The third-order valence-corrected chi connectivity index (χ3v) is 17.5. The number of hydrogen-bond acceptors (Lipinski definition) is 14. The van der Waals surface area contributed by atoms with Crippen LogP contribution in [-0.2, 0) is 21.3 Å². The summed E-state index contributed by atoms with van der Waals surface area (Å²) >= 11 is 0. The van der Waals surface area contributed by atoms with Gasteiger partial charge in [0.05, 0.1) is 35.7 Å². The van der Waals surface area contributed by atoms with E-state index in [9.17, 15) is 28.4 Å². The number of carbonyl (C=O) groups is 1. The van der Waals surface area contributed by atoms with Crippen molar-refractivity contribution in [3.05, 3.63) is 111 Å². The van der Waals surface area contributed by atoms with Crippen molar-refractivity contribution in [2.75, 3.05) is 87.8 Å². The van der Waals surface area contributed by atoms with Gasteiger partial charge in [-0.15, -0.1) is 0 Å². The third-order valence-electron chi connectivity index (χ3n) is 16.2. The number of carbonyl (C=O) groups excluding carboxylic acids is 1. The van der Waals surface area contributed by atoms with Crippen LogP contribution >= 0.6 is 0 Å². The summed E-state index contributed by atoms with van der Waals surface area (Å²) in [6.07, 6.45) is 8.18. The van der Waals surface area contributed by atoms with E-state index in [-0.39, 0.29) is 33.5 Å². The number of pyridine rings is 1. The van der Waals surface area contributed by atoms with Crippen LogP contribution in [0.4, 0.5) is 22.9 Å². The van der Waals surface area contributed by atoms with Crippen LogP contribution in [0.15, 0.2) is 83.9 Å². The summed E-state index contributed by atoms with van der Waals surface area (Å²) in [7, 11) is -2.69. The highest BCUT2D eigenvalue weighted by atomic mass is 32.2. The molecule has 17 heteroatoms. The van der Waals surface area contributed by atoms with Crippen molar-refractivity contribution in [1.29, 1.82) is 0 Å². The molecule has 0 bridgehead atoms. The molecule has 9 rings (SSSR count). The van der Waals surface area contributed by atoms with Gasteiger partial charge in [-0.1, -0.05) is 31.2 Å². The number of aromatic nitrogens is 1. The molecule has 370 valence electrons. The summed E-state index contributed by atoms with van der Waals surface area (Å²) < 4.78 is 40.2. The zero-order valence-electron chi connectivity index (χ0n) is 40.4. The predicted molar refractivity (Wildman–Crippen MR) is 266 cm³/mol. The van der Waals surface area contributed by atoms with E-state index in [1.165, 1.54) is 23.3 Å². The number of nitrogens with zero attached hydrogens (tertiary/aromatic N) is 6. The van der Waals surface area contributed by atoms with Crippen molar-refractivity contribution in [2.45, 2.75) is 94.8 Å². The highest BCUT2D eigenvalue weighted by Crippen LogP contribution is 2.57. The van der Waals surface area contributed by atoms with Gasteiger partial charge >= 0.3 is 0 Å². The normalized spacial score (nSPS) is 25.5. The van der Waals surface area contributed by atoms with E-state index < -0.39 is 32.1 Å². The fourth-order valence-electron chi connectivity index (χ4n) is 11.7. The van der Waals surface area contributed by atoms with Crippen LogP contribution in [0, 0.1) is 34.3 Å². The van der Waals surface area contributed by atoms with Crippen molar-refractivity contribution < 1.29 is 32.7 Å². The van der Waals surface area contributed by atoms with Gasteiger partial charge in [0, 0.05) is 94.5 Å². The van der Waals surface area contributed by atoms with Gasteiger partial charge in [-0.2, -0.15) is 0 Å². The lowest BCUT2D eigenvalue weighted by molar-refractivity contribution is -0.384. The summed E-state index contributed by atoms with van der Waals surface area (Å²) in [6, 6.07) is 22.4. The number of rotatable bonds is 14. The Hall–Kier alpha value is -5.33. The summed E-state index contributed by atoms with van der Waals surface area (Å²) in [5.41, 5.74) is 4.39. The Kier molecular flexibility index (Phi) is 14.2. The van der Waals surface area contributed by atoms with Gasteiger partial charge in [-0.25, -0.2) is 18.1 Å². The highest BCUT2D eigenvalue weighted by Gasteiger charge is 2.55. The Morgan fingerprint density at radius 3 is 2.36 bits per heavy atom. The number of aliphatic hydroxyl groups is 1. The zero-order chi connectivity index (χ0) is 48.5. The largest absolute Gasteiger partial charge is 0.493 e. The minimum absolute atomic E-state index is 0.173. The molecule has 3 aromatic carbocycles. The lowest BCUT2D eigenvalue weighted by Crippen LogP contribution is -2.64. The Labute approximate surface area is 406 Å². The van der Waals surface area contributed by atoms with Crippen LogP contribution in [-0.4, -0.2) is 123 Å². The molecule has 2 aliphatic carbocycles. The molecule has 0 unspecified atom stereocenters. The quantitative estimate of drug-likeness (QED) is 0.0854. The second-order valence-electron chi connectivity index (χ2n) is 20.5. The number of sulfonamides is 1. The van der Waals surface area contributed by atoms with E-state index in [1.54, 1.807) is 19.2 Å². The Bertz CT molecular complexity index is 2590. The maximum atomic E-state index is 13.4. The molecule has 1 spiro atoms. The van der Waals surface area contributed by atoms with E-state index in [2.05, 4.69) is 73.8 Å². The van der Waals surface area contributed by atoms with Gasteiger partial charge < -0.3 is 29.7 Å². The van der Waals surface area contributed by atoms with Crippen LogP contribution in [0.3, 0.4) is 0 Å². The van der Waals surface area contributed by atoms with Crippen molar-refractivity contribution in [1.82, 2.24) is 19.5 Å².